The van der Waals surface area contributed by atoms with Gasteiger partial charge in [0.2, 0.25) is 0 Å². The number of nitrogens with one attached hydrogen (secondary N) is 3. The quantitative estimate of drug-likeness (QED) is 0.301. The lowest BCUT2D eigenvalue weighted by molar-refractivity contribution is 1.15. The maximum Gasteiger partial charge on any atom is 0.276 e. The molecule has 5 aromatic rings. The first-order valence-electron chi connectivity index (χ1n) is 9.21. The summed E-state index contributed by atoms with van der Waals surface area (Å²) in [4.78, 5) is 28.1. The van der Waals surface area contributed by atoms with Gasteiger partial charge < -0.3 is 9.97 Å². The fraction of sp³-hybridized carbons (Fsp3) is 0. The number of nitrogens with zero attached hydrogens (tertiary/aromatic N) is 3. The number of H-pyrrole nitrogens is 2. The predicted octanol–water partition coefficient (Wildman–Crippen LogP) is 4.32. The van der Waals surface area contributed by atoms with E-state index in [2.05, 4.69) is 30.5 Å². The molecule has 0 aliphatic rings. The van der Waals surface area contributed by atoms with Crippen LogP contribution < -0.4 is 11.0 Å². The number of para-hydroxylation sites is 4. The van der Waals surface area contributed by atoms with E-state index in [-0.39, 0.29) is 11.3 Å². The number of hydrazone groups is 1. The van der Waals surface area contributed by atoms with Gasteiger partial charge in [-0.1, -0.05) is 35.9 Å². The van der Waals surface area contributed by atoms with E-state index in [1.54, 1.807) is 30.3 Å². The number of aromatic nitrogens is 4. The van der Waals surface area contributed by atoms with E-state index in [1.165, 1.54) is 0 Å². The van der Waals surface area contributed by atoms with Gasteiger partial charge in [-0.05, 0) is 48.5 Å². The zero-order valence-corrected chi connectivity index (χ0v) is 16.3. The number of hydrogen-bond acceptors (Lipinski definition) is 5. The number of imidazole rings is 1. The topological polar surface area (TPSA) is 98.8 Å². The third kappa shape index (κ3) is 3.42. The highest BCUT2D eigenvalue weighted by molar-refractivity contribution is 6.30. The fourth-order valence-electron chi connectivity index (χ4n) is 3.12. The van der Waals surface area contributed by atoms with Gasteiger partial charge >= 0.3 is 0 Å². The lowest BCUT2D eigenvalue weighted by Crippen LogP contribution is -2.23. The molecule has 0 atom stereocenters. The average molecular weight is 415 g/mol. The van der Waals surface area contributed by atoms with E-state index < -0.39 is 0 Å². The third-order valence-electron chi connectivity index (χ3n) is 4.58. The van der Waals surface area contributed by atoms with Crippen LogP contribution in [0.3, 0.4) is 0 Å². The van der Waals surface area contributed by atoms with Crippen molar-refractivity contribution in [1.82, 2.24) is 19.9 Å². The molecule has 0 radical (unpaired) electrons. The normalized spacial score (nSPS) is 11.8. The van der Waals surface area contributed by atoms with Crippen LogP contribution in [-0.4, -0.2) is 25.6 Å². The molecule has 0 saturated heterocycles. The van der Waals surface area contributed by atoms with Crippen LogP contribution in [0.1, 0.15) is 11.5 Å². The van der Waals surface area contributed by atoms with Crippen LogP contribution in [0.2, 0.25) is 5.02 Å². The van der Waals surface area contributed by atoms with Gasteiger partial charge in [-0.15, -0.1) is 0 Å². The van der Waals surface area contributed by atoms with Crippen molar-refractivity contribution in [3.05, 3.63) is 99.7 Å². The van der Waals surface area contributed by atoms with E-state index in [9.17, 15) is 4.79 Å². The summed E-state index contributed by atoms with van der Waals surface area (Å²) in [6.45, 7) is 0. The Bertz CT molecular complexity index is 1420. The van der Waals surface area contributed by atoms with Gasteiger partial charge in [-0.25, -0.2) is 9.97 Å². The lowest BCUT2D eigenvalue weighted by Gasteiger charge is -2.06. The van der Waals surface area contributed by atoms with Crippen molar-refractivity contribution in [3.63, 3.8) is 0 Å². The van der Waals surface area contributed by atoms with Gasteiger partial charge in [0.15, 0.2) is 17.2 Å². The number of hydrogen-bond donors (Lipinski definition) is 3. The number of halogens is 1. The summed E-state index contributed by atoms with van der Waals surface area (Å²) in [6.07, 6.45) is 0. The Labute approximate surface area is 175 Å². The van der Waals surface area contributed by atoms with Crippen molar-refractivity contribution >= 4 is 45.1 Å². The zero-order chi connectivity index (χ0) is 20.5. The van der Waals surface area contributed by atoms with Gasteiger partial charge in [-0.3, -0.25) is 10.2 Å². The number of anilines is 1. The van der Waals surface area contributed by atoms with E-state index >= 15 is 0 Å². The van der Waals surface area contributed by atoms with E-state index in [4.69, 9.17) is 11.6 Å². The minimum absolute atomic E-state index is 0.161. The Kier molecular flexibility index (Phi) is 4.49. The summed E-state index contributed by atoms with van der Waals surface area (Å²) in [5.74, 6) is 0.436. The number of fused-ring (bicyclic) bond motifs is 2. The van der Waals surface area contributed by atoms with Gasteiger partial charge in [0.1, 0.15) is 0 Å². The number of aromatic amines is 2. The van der Waals surface area contributed by atoms with Crippen LogP contribution >= 0.6 is 11.6 Å². The minimum atomic E-state index is -0.356. The smallest absolute Gasteiger partial charge is 0.276 e. The monoisotopic (exact) mass is 414 g/mol. The Morgan fingerprint density at radius 1 is 0.833 bits per heavy atom. The Hall–Kier alpha value is -3.97. The molecule has 3 aromatic carbocycles. The minimum Gasteiger partial charge on any atom is -0.337 e. The molecular formula is C22H15ClN6O. The molecule has 2 heterocycles. The van der Waals surface area contributed by atoms with Crippen molar-refractivity contribution in [3.8, 4) is 0 Å². The molecule has 0 aliphatic heterocycles. The molecule has 0 amide bonds. The molecule has 0 aliphatic carbocycles. The second-order valence-corrected chi connectivity index (χ2v) is 7.05. The molecule has 0 fully saturated rings. The molecular weight excluding hydrogens is 400 g/mol. The van der Waals surface area contributed by atoms with E-state index in [1.807, 2.05) is 42.5 Å². The summed E-state index contributed by atoms with van der Waals surface area (Å²) >= 11 is 5.95. The SMILES string of the molecule is O=c1[nH]c2ccccc2nc1/C(=N/Nc1ccc(Cl)cc1)c1nc2ccccc2[nH]1. The third-order valence-corrected chi connectivity index (χ3v) is 4.83. The van der Waals surface area contributed by atoms with Crippen LogP contribution in [0.5, 0.6) is 0 Å². The van der Waals surface area contributed by atoms with Crippen molar-refractivity contribution in [2.24, 2.45) is 5.10 Å². The molecule has 146 valence electrons. The first kappa shape index (κ1) is 18.1. The Morgan fingerprint density at radius 3 is 2.17 bits per heavy atom. The molecule has 30 heavy (non-hydrogen) atoms. The van der Waals surface area contributed by atoms with Crippen LogP contribution in [0.4, 0.5) is 5.69 Å². The molecule has 0 saturated carbocycles. The molecule has 0 spiro atoms. The highest BCUT2D eigenvalue weighted by Gasteiger charge is 2.18. The zero-order valence-electron chi connectivity index (χ0n) is 15.6. The first-order chi connectivity index (χ1) is 14.7. The maximum absolute atomic E-state index is 12.8. The first-order valence-corrected chi connectivity index (χ1v) is 9.59. The summed E-state index contributed by atoms with van der Waals surface area (Å²) < 4.78 is 0. The summed E-state index contributed by atoms with van der Waals surface area (Å²) in [6, 6.07) is 22.0. The summed E-state index contributed by atoms with van der Waals surface area (Å²) in [7, 11) is 0. The number of benzene rings is 3. The lowest BCUT2D eigenvalue weighted by atomic mass is 10.2. The van der Waals surface area contributed by atoms with Crippen molar-refractivity contribution in [1.29, 1.82) is 0 Å². The molecule has 0 bridgehead atoms. The molecule has 3 N–H and O–H groups in total. The maximum atomic E-state index is 12.8. The van der Waals surface area contributed by atoms with Gasteiger partial charge in [0, 0.05) is 5.02 Å². The largest absolute Gasteiger partial charge is 0.337 e. The van der Waals surface area contributed by atoms with Crippen molar-refractivity contribution in [2.75, 3.05) is 5.43 Å². The molecule has 2 aromatic heterocycles. The number of rotatable bonds is 4. The molecule has 7 nitrogen and oxygen atoms in total. The van der Waals surface area contributed by atoms with Crippen molar-refractivity contribution in [2.45, 2.75) is 0 Å². The van der Waals surface area contributed by atoms with Gasteiger partial charge in [0.05, 0.1) is 27.8 Å². The Balaban J connectivity index is 1.67. The van der Waals surface area contributed by atoms with Gasteiger partial charge in [0.25, 0.3) is 5.56 Å². The van der Waals surface area contributed by atoms with Gasteiger partial charge in [-0.2, -0.15) is 5.10 Å². The van der Waals surface area contributed by atoms with Crippen LogP contribution in [-0.2, 0) is 0 Å². The summed E-state index contributed by atoms with van der Waals surface area (Å²) in [5.41, 5.74) is 6.70. The highest BCUT2D eigenvalue weighted by atomic mass is 35.5. The van der Waals surface area contributed by atoms with E-state index in [0.717, 1.165) is 11.0 Å². The standard InChI is InChI=1S/C22H15ClN6O/c23-13-9-11-14(12-10-13)28-29-19(21-25-16-6-2-3-7-17(16)26-21)20-22(30)27-18-8-4-1-5-15(18)24-20/h1-12,28H,(H,25,26)(H,27,30)/b29-19-. The van der Waals surface area contributed by atoms with E-state index in [0.29, 0.717) is 33.3 Å². The average Bonchev–Trinajstić information content (AvgIpc) is 3.19. The molecule has 5 rings (SSSR count). The summed E-state index contributed by atoms with van der Waals surface area (Å²) in [5, 5.41) is 5.09. The predicted molar refractivity (Wildman–Crippen MR) is 119 cm³/mol. The molecule has 0 unspecified atom stereocenters. The van der Waals surface area contributed by atoms with Crippen LogP contribution in [0.15, 0.2) is 82.7 Å². The highest BCUT2D eigenvalue weighted by Crippen LogP contribution is 2.16. The molecule has 8 heteroatoms. The van der Waals surface area contributed by atoms with Crippen LogP contribution in [0.25, 0.3) is 22.1 Å². The van der Waals surface area contributed by atoms with Crippen LogP contribution in [0, 0.1) is 0 Å². The second-order valence-electron chi connectivity index (χ2n) is 6.61. The van der Waals surface area contributed by atoms with Crippen molar-refractivity contribution < 1.29 is 0 Å². The second kappa shape index (κ2) is 7.46. The Morgan fingerprint density at radius 2 is 1.47 bits per heavy atom. The fourth-order valence-corrected chi connectivity index (χ4v) is 3.24.